The van der Waals surface area contributed by atoms with Gasteiger partial charge in [0.25, 0.3) is 0 Å². The lowest BCUT2D eigenvalue weighted by Gasteiger charge is -2.06. The maximum absolute atomic E-state index is 10.9. The minimum atomic E-state index is -0.893. The second-order valence-electron chi connectivity index (χ2n) is 3.64. The van der Waals surface area contributed by atoms with E-state index in [9.17, 15) is 4.79 Å². The predicted molar refractivity (Wildman–Crippen MR) is 59.8 cm³/mol. The number of carboxylic acid groups (broad SMARTS) is 1. The number of benzene rings is 1. The zero-order chi connectivity index (χ0) is 11.9. The van der Waals surface area contributed by atoms with Crippen molar-refractivity contribution in [1.29, 1.82) is 0 Å². The molecule has 1 unspecified atom stereocenters. The van der Waals surface area contributed by atoms with Crippen molar-refractivity contribution in [1.82, 2.24) is 4.98 Å². The van der Waals surface area contributed by atoms with Crippen LogP contribution >= 0.6 is 11.6 Å². The molecule has 84 valence electrons. The van der Waals surface area contributed by atoms with Gasteiger partial charge in [-0.25, -0.2) is 4.98 Å². The van der Waals surface area contributed by atoms with Crippen LogP contribution in [0.1, 0.15) is 24.3 Å². The van der Waals surface area contributed by atoms with E-state index in [-0.39, 0.29) is 0 Å². The Hall–Kier alpha value is -1.55. The smallest absolute Gasteiger partial charge is 0.310 e. The van der Waals surface area contributed by atoms with Gasteiger partial charge in [-0.2, -0.15) is 0 Å². The van der Waals surface area contributed by atoms with Crippen molar-refractivity contribution >= 4 is 28.7 Å². The van der Waals surface area contributed by atoms with Crippen LogP contribution < -0.4 is 0 Å². The third-order valence-electron chi connectivity index (χ3n) is 2.44. The monoisotopic (exact) mass is 239 g/mol. The molecule has 1 atom stereocenters. The molecule has 1 aromatic heterocycles. The topological polar surface area (TPSA) is 63.3 Å². The molecule has 0 fully saturated rings. The third kappa shape index (κ3) is 1.76. The highest BCUT2D eigenvalue weighted by Gasteiger charge is 2.17. The number of aryl methyl sites for hydroxylation is 1. The Labute approximate surface area is 96.8 Å². The quantitative estimate of drug-likeness (QED) is 0.875. The zero-order valence-corrected chi connectivity index (χ0v) is 9.58. The number of fused-ring (bicyclic) bond motifs is 1. The summed E-state index contributed by atoms with van der Waals surface area (Å²) in [5, 5.41) is 9.31. The summed E-state index contributed by atoms with van der Waals surface area (Å²) in [6.45, 7) is 3.32. The van der Waals surface area contributed by atoms with Crippen LogP contribution in [0.25, 0.3) is 11.1 Å². The summed E-state index contributed by atoms with van der Waals surface area (Å²) in [5.74, 6) is -0.994. The first-order chi connectivity index (χ1) is 7.49. The summed E-state index contributed by atoms with van der Waals surface area (Å²) in [7, 11) is 0. The van der Waals surface area contributed by atoms with Crippen molar-refractivity contribution in [3.8, 4) is 0 Å². The first-order valence-corrected chi connectivity index (χ1v) is 5.16. The van der Waals surface area contributed by atoms with Crippen molar-refractivity contribution in [2.24, 2.45) is 0 Å². The second kappa shape index (κ2) is 3.79. The highest BCUT2D eigenvalue weighted by Crippen LogP contribution is 2.29. The molecule has 1 N–H and O–H groups in total. The molecule has 1 aromatic carbocycles. The Kier molecular flexibility index (Phi) is 2.59. The number of nitrogens with zero attached hydrogens (tertiary/aromatic N) is 1. The van der Waals surface area contributed by atoms with Gasteiger partial charge in [0.15, 0.2) is 11.5 Å². The fraction of sp³-hybridized carbons (Fsp3) is 0.273. The number of halogens is 1. The number of hydrogen-bond acceptors (Lipinski definition) is 3. The lowest BCUT2D eigenvalue weighted by molar-refractivity contribution is -0.138. The van der Waals surface area contributed by atoms with E-state index in [4.69, 9.17) is 21.1 Å². The highest BCUT2D eigenvalue weighted by atomic mass is 35.5. The summed E-state index contributed by atoms with van der Waals surface area (Å²) in [6.07, 6.45) is 0. The number of aliphatic carboxylic acids is 1. The maximum Gasteiger partial charge on any atom is 0.310 e. The normalized spacial score (nSPS) is 12.9. The minimum absolute atomic E-state index is 0.390. The SMILES string of the molecule is Cc1nc2cc(C(C)C(=O)O)cc(Cl)c2o1. The van der Waals surface area contributed by atoms with Crippen LogP contribution in [0.5, 0.6) is 0 Å². The lowest BCUT2D eigenvalue weighted by Crippen LogP contribution is -2.07. The van der Waals surface area contributed by atoms with Gasteiger partial charge < -0.3 is 9.52 Å². The molecule has 0 aliphatic carbocycles. The second-order valence-corrected chi connectivity index (χ2v) is 4.05. The van der Waals surface area contributed by atoms with Crippen molar-refractivity contribution < 1.29 is 14.3 Å². The Bertz CT molecular complexity index is 562. The molecule has 0 saturated carbocycles. The van der Waals surface area contributed by atoms with E-state index in [1.165, 1.54) is 0 Å². The summed E-state index contributed by atoms with van der Waals surface area (Å²) >= 11 is 6.00. The Morgan fingerprint density at radius 3 is 2.88 bits per heavy atom. The van der Waals surface area contributed by atoms with E-state index in [2.05, 4.69) is 4.98 Å². The summed E-state index contributed by atoms with van der Waals surface area (Å²) in [4.78, 5) is 15.0. The van der Waals surface area contributed by atoms with Gasteiger partial charge in [0.05, 0.1) is 10.9 Å². The van der Waals surface area contributed by atoms with Crippen LogP contribution in [0.4, 0.5) is 0 Å². The van der Waals surface area contributed by atoms with E-state index >= 15 is 0 Å². The van der Waals surface area contributed by atoms with E-state index in [0.717, 1.165) is 0 Å². The first kappa shape index (κ1) is 11.0. The number of hydrogen-bond donors (Lipinski definition) is 1. The van der Waals surface area contributed by atoms with Gasteiger partial charge in [0, 0.05) is 6.92 Å². The predicted octanol–water partition coefficient (Wildman–Crippen LogP) is 2.98. The summed E-state index contributed by atoms with van der Waals surface area (Å²) in [5.41, 5.74) is 1.71. The zero-order valence-electron chi connectivity index (χ0n) is 8.82. The average molecular weight is 240 g/mol. The molecular weight excluding hydrogens is 230 g/mol. The number of oxazole rings is 1. The molecule has 0 radical (unpaired) electrons. The van der Waals surface area contributed by atoms with Crippen LogP contribution in [-0.4, -0.2) is 16.1 Å². The molecule has 0 amide bonds. The molecule has 0 saturated heterocycles. The lowest BCUT2D eigenvalue weighted by atomic mass is 10.0. The fourth-order valence-electron chi connectivity index (χ4n) is 1.52. The van der Waals surface area contributed by atoms with Gasteiger partial charge in [0.2, 0.25) is 0 Å². The largest absolute Gasteiger partial charge is 0.481 e. The van der Waals surface area contributed by atoms with Gasteiger partial charge in [-0.1, -0.05) is 11.6 Å². The Balaban J connectivity index is 2.61. The van der Waals surface area contributed by atoms with Crippen molar-refractivity contribution in [3.63, 3.8) is 0 Å². The molecule has 2 rings (SSSR count). The van der Waals surface area contributed by atoms with Crippen molar-refractivity contribution in [2.45, 2.75) is 19.8 Å². The van der Waals surface area contributed by atoms with E-state index < -0.39 is 11.9 Å². The Morgan fingerprint density at radius 2 is 2.25 bits per heavy atom. The number of rotatable bonds is 2. The molecule has 0 bridgehead atoms. The van der Waals surface area contributed by atoms with E-state index in [1.807, 2.05) is 0 Å². The molecule has 4 nitrogen and oxygen atoms in total. The molecule has 0 spiro atoms. The standard InChI is InChI=1S/C11H10ClNO3/c1-5(11(14)15)7-3-8(12)10-9(4-7)13-6(2)16-10/h3-5H,1-2H3,(H,14,15). The van der Waals surface area contributed by atoms with Crippen LogP contribution in [0, 0.1) is 6.92 Å². The van der Waals surface area contributed by atoms with Gasteiger partial charge in [-0.05, 0) is 24.6 Å². The fourth-order valence-corrected chi connectivity index (χ4v) is 1.78. The van der Waals surface area contributed by atoms with E-state index in [0.29, 0.717) is 27.6 Å². The summed E-state index contributed by atoms with van der Waals surface area (Å²) in [6, 6.07) is 3.30. The van der Waals surface area contributed by atoms with Crippen LogP contribution in [-0.2, 0) is 4.79 Å². The molecule has 0 aliphatic heterocycles. The summed E-state index contributed by atoms with van der Waals surface area (Å²) < 4.78 is 5.30. The van der Waals surface area contributed by atoms with Crippen molar-refractivity contribution in [2.75, 3.05) is 0 Å². The highest BCUT2D eigenvalue weighted by molar-refractivity contribution is 6.34. The van der Waals surface area contributed by atoms with Gasteiger partial charge >= 0.3 is 5.97 Å². The molecular formula is C11H10ClNO3. The molecule has 2 aromatic rings. The van der Waals surface area contributed by atoms with Crippen LogP contribution in [0.2, 0.25) is 5.02 Å². The molecule has 0 aliphatic rings. The number of carboxylic acids is 1. The number of aromatic nitrogens is 1. The van der Waals surface area contributed by atoms with Crippen molar-refractivity contribution in [3.05, 3.63) is 28.6 Å². The first-order valence-electron chi connectivity index (χ1n) is 4.78. The van der Waals surface area contributed by atoms with Crippen LogP contribution in [0.3, 0.4) is 0 Å². The Morgan fingerprint density at radius 1 is 1.56 bits per heavy atom. The molecule has 5 heteroatoms. The minimum Gasteiger partial charge on any atom is -0.481 e. The maximum atomic E-state index is 10.9. The third-order valence-corrected chi connectivity index (χ3v) is 2.73. The molecule has 16 heavy (non-hydrogen) atoms. The van der Waals surface area contributed by atoms with Gasteiger partial charge in [-0.3, -0.25) is 4.79 Å². The molecule has 1 heterocycles. The van der Waals surface area contributed by atoms with Gasteiger partial charge in [-0.15, -0.1) is 0 Å². The van der Waals surface area contributed by atoms with Crippen LogP contribution in [0.15, 0.2) is 16.5 Å². The van der Waals surface area contributed by atoms with E-state index in [1.54, 1.807) is 26.0 Å². The average Bonchev–Trinajstić information content (AvgIpc) is 2.57. The number of carbonyl (C=O) groups is 1. The van der Waals surface area contributed by atoms with Gasteiger partial charge in [0.1, 0.15) is 5.52 Å².